The monoisotopic (exact) mass is 287 g/mol. The predicted octanol–water partition coefficient (Wildman–Crippen LogP) is 3.93. The van der Waals surface area contributed by atoms with Crippen LogP contribution in [0.2, 0.25) is 0 Å². The largest absolute Gasteiger partial charge is 0.320 e. The molecule has 0 spiro atoms. The van der Waals surface area contributed by atoms with E-state index in [9.17, 15) is 0 Å². The molecule has 0 aromatic carbocycles. The van der Waals surface area contributed by atoms with E-state index in [0.717, 1.165) is 3.79 Å². The average Bonchev–Trinajstić information content (AvgIpc) is 2.73. The molecular formula is C10H10BrNS2. The lowest BCUT2D eigenvalue weighted by Crippen LogP contribution is -2.10. The van der Waals surface area contributed by atoms with Crippen LogP contribution in [0.1, 0.15) is 22.0 Å². The van der Waals surface area contributed by atoms with E-state index in [1.807, 2.05) is 6.07 Å². The summed E-state index contributed by atoms with van der Waals surface area (Å²) in [5, 5.41) is 4.27. The smallest absolute Gasteiger partial charge is 0.0702 e. The van der Waals surface area contributed by atoms with Gasteiger partial charge in [-0.25, -0.2) is 0 Å². The molecular weight excluding hydrogens is 278 g/mol. The third kappa shape index (κ3) is 1.93. The van der Waals surface area contributed by atoms with E-state index < -0.39 is 0 Å². The van der Waals surface area contributed by atoms with E-state index in [0.29, 0.717) is 0 Å². The van der Waals surface area contributed by atoms with Crippen LogP contribution in [0.3, 0.4) is 0 Å². The van der Waals surface area contributed by atoms with Gasteiger partial charge in [0, 0.05) is 4.88 Å². The second-order valence-corrected chi connectivity index (χ2v) is 6.37. The molecule has 14 heavy (non-hydrogen) atoms. The van der Waals surface area contributed by atoms with Crippen LogP contribution < -0.4 is 5.73 Å². The minimum atomic E-state index is 0.0255. The van der Waals surface area contributed by atoms with Gasteiger partial charge in [0.15, 0.2) is 0 Å². The molecule has 0 bridgehead atoms. The van der Waals surface area contributed by atoms with Crippen LogP contribution >= 0.6 is 38.6 Å². The third-order valence-electron chi connectivity index (χ3n) is 2.13. The summed E-state index contributed by atoms with van der Waals surface area (Å²) in [7, 11) is 0. The van der Waals surface area contributed by atoms with E-state index in [1.165, 1.54) is 16.0 Å². The zero-order chi connectivity index (χ0) is 10.1. The highest BCUT2D eigenvalue weighted by atomic mass is 79.9. The molecule has 0 fully saturated rings. The average molecular weight is 288 g/mol. The van der Waals surface area contributed by atoms with E-state index in [-0.39, 0.29) is 6.04 Å². The molecule has 2 rings (SSSR count). The molecule has 0 amide bonds. The first-order valence-electron chi connectivity index (χ1n) is 4.22. The fourth-order valence-electron chi connectivity index (χ4n) is 1.34. The van der Waals surface area contributed by atoms with E-state index in [1.54, 1.807) is 22.7 Å². The van der Waals surface area contributed by atoms with Crippen molar-refractivity contribution in [3.05, 3.63) is 42.7 Å². The normalized spacial score (nSPS) is 13.1. The van der Waals surface area contributed by atoms with Crippen molar-refractivity contribution < 1.29 is 0 Å². The van der Waals surface area contributed by atoms with Gasteiger partial charge in [-0.1, -0.05) is 0 Å². The SMILES string of the molecule is Cc1cscc1C(N)c1ccc(Br)s1. The van der Waals surface area contributed by atoms with Gasteiger partial charge in [-0.05, 0) is 56.9 Å². The maximum Gasteiger partial charge on any atom is 0.0702 e. The summed E-state index contributed by atoms with van der Waals surface area (Å²) in [6, 6.07) is 4.15. The second kappa shape index (κ2) is 4.14. The maximum absolute atomic E-state index is 6.17. The van der Waals surface area contributed by atoms with Crippen molar-refractivity contribution in [3.63, 3.8) is 0 Å². The third-order valence-corrected chi connectivity index (χ3v) is 4.72. The molecule has 0 aliphatic heterocycles. The van der Waals surface area contributed by atoms with Gasteiger partial charge in [-0.3, -0.25) is 0 Å². The standard InChI is InChI=1S/C10H10BrNS2/c1-6-4-13-5-7(6)10(12)8-2-3-9(11)14-8/h2-5,10H,12H2,1H3. The van der Waals surface area contributed by atoms with Gasteiger partial charge in [-0.15, -0.1) is 11.3 Å². The summed E-state index contributed by atoms with van der Waals surface area (Å²) >= 11 is 6.86. The van der Waals surface area contributed by atoms with Gasteiger partial charge < -0.3 is 5.73 Å². The summed E-state index contributed by atoms with van der Waals surface area (Å²) in [6.45, 7) is 2.11. The first-order valence-corrected chi connectivity index (χ1v) is 6.77. The highest BCUT2D eigenvalue weighted by molar-refractivity contribution is 9.11. The molecule has 2 N–H and O–H groups in total. The lowest BCUT2D eigenvalue weighted by Gasteiger charge is -2.08. The van der Waals surface area contributed by atoms with Crippen LogP contribution in [0.4, 0.5) is 0 Å². The Hall–Kier alpha value is -0.160. The molecule has 0 aliphatic rings. The Morgan fingerprint density at radius 2 is 2.14 bits per heavy atom. The molecule has 1 atom stereocenters. The lowest BCUT2D eigenvalue weighted by molar-refractivity contribution is 0.890. The van der Waals surface area contributed by atoms with Gasteiger partial charge in [-0.2, -0.15) is 11.3 Å². The Morgan fingerprint density at radius 3 is 2.64 bits per heavy atom. The van der Waals surface area contributed by atoms with Crippen molar-refractivity contribution >= 4 is 38.6 Å². The van der Waals surface area contributed by atoms with Crippen molar-refractivity contribution in [1.29, 1.82) is 0 Å². The van der Waals surface area contributed by atoms with Gasteiger partial charge in [0.2, 0.25) is 0 Å². The molecule has 0 aliphatic carbocycles. The zero-order valence-corrected chi connectivity index (χ0v) is 10.9. The fourth-order valence-corrected chi connectivity index (χ4v) is 3.67. The van der Waals surface area contributed by atoms with Crippen molar-refractivity contribution in [2.24, 2.45) is 5.73 Å². The minimum absolute atomic E-state index is 0.0255. The van der Waals surface area contributed by atoms with Crippen molar-refractivity contribution in [2.75, 3.05) is 0 Å². The second-order valence-electron chi connectivity index (χ2n) is 3.13. The number of hydrogen-bond acceptors (Lipinski definition) is 3. The predicted molar refractivity (Wildman–Crippen MR) is 67.1 cm³/mol. The fraction of sp³-hybridized carbons (Fsp3) is 0.200. The molecule has 1 unspecified atom stereocenters. The zero-order valence-electron chi connectivity index (χ0n) is 7.66. The molecule has 2 heterocycles. The number of rotatable bonds is 2. The Labute approximate surface area is 99.7 Å². The van der Waals surface area contributed by atoms with Crippen LogP contribution in [0, 0.1) is 6.92 Å². The van der Waals surface area contributed by atoms with E-state index in [2.05, 4.69) is 39.7 Å². The van der Waals surface area contributed by atoms with Crippen LogP contribution in [-0.4, -0.2) is 0 Å². The topological polar surface area (TPSA) is 26.0 Å². The molecule has 74 valence electrons. The van der Waals surface area contributed by atoms with Crippen molar-refractivity contribution in [3.8, 4) is 0 Å². The lowest BCUT2D eigenvalue weighted by atomic mass is 10.1. The number of aryl methyl sites for hydroxylation is 1. The van der Waals surface area contributed by atoms with Crippen LogP contribution in [0.15, 0.2) is 26.7 Å². The number of halogens is 1. The summed E-state index contributed by atoms with van der Waals surface area (Å²) in [4.78, 5) is 1.21. The quantitative estimate of drug-likeness (QED) is 0.890. The molecule has 1 nitrogen and oxygen atoms in total. The van der Waals surface area contributed by atoms with E-state index in [4.69, 9.17) is 5.73 Å². The van der Waals surface area contributed by atoms with Crippen LogP contribution in [0.5, 0.6) is 0 Å². The first kappa shape index (κ1) is 10.4. The van der Waals surface area contributed by atoms with E-state index >= 15 is 0 Å². The van der Waals surface area contributed by atoms with Gasteiger partial charge in [0.25, 0.3) is 0 Å². The molecule has 2 aromatic heterocycles. The summed E-state index contributed by atoms with van der Waals surface area (Å²) in [5.41, 5.74) is 8.70. The molecule has 4 heteroatoms. The maximum atomic E-state index is 6.17. The first-order chi connectivity index (χ1) is 6.68. The number of hydrogen-bond donors (Lipinski definition) is 1. The summed E-state index contributed by atoms with van der Waals surface area (Å²) in [6.07, 6.45) is 0. The Bertz CT molecular complexity index is 433. The number of nitrogens with two attached hydrogens (primary N) is 1. The van der Waals surface area contributed by atoms with Crippen molar-refractivity contribution in [1.82, 2.24) is 0 Å². The van der Waals surface area contributed by atoms with Crippen LogP contribution in [0.25, 0.3) is 0 Å². The minimum Gasteiger partial charge on any atom is -0.320 e. The Kier molecular flexibility index (Phi) is 3.07. The van der Waals surface area contributed by atoms with Gasteiger partial charge in [0.1, 0.15) is 0 Å². The number of thiophene rings is 2. The summed E-state index contributed by atoms with van der Waals surface area (Å²) in [5.74, 6) is 0. The Morgan fingerprint density at radius 1 is 1.36 bits per heavy atom. The highest BCUT2D eigenvalue weighted by Gasteiger charge is 2.13. The summed E-state index contributed by atoms with van der Waals surface area (Å²) < 4.78 is 1.14. The molecule has 0 saturated heterocycles. The Balaban J connectivity index is 2.33. The van der Waals surface area contributed by atoms with Crippen LogP contribution in [-0.2, 0) is 0 Å². The highest BCUT2D eigenvalue weighted by Crippen LogP contribution is 2.32. The molecule has 0 saturated carbocycles. The molecule has 2 aromatic rings. The van der Waals surface area contributed by atoms with Crippen molar-refractivity contribution in [2.45, 2.75) is 13.0 Å². The van der Waals surface area contributed by atoms with Gasteiger partial charge >= 0.3 is 0 Å². The van der Waals surface area contributed by atoms with Gasteiger partial charge in [0.05, 0.1) is 9.83 Å². The molecule has 0 radical (unpaired) electrons.